The molecular weight excluding hydrogens is 388 g/mol. The van der Waals surface area contributed by atoms with Gasteiger partial charge in [0.15, 0.2) is 11.2 Å². The van der Waals surface area contributed by atoms with E-state index in [1.54, 1.807) is 24.3 Å². The number of hydrogen-bond donors (Lipinski definition) is 1. The van der Waals surface area contributed by atoms with E-state index in [2.05, 4.69) is 0 Å². The Bertz CT molecular complexity index is 1210. The van der Waals surface area contributed by atoms with E-state index in [1.165, 1.54) is 18.4 Å². The van der Waals surface area contributed by atoms with E-state index in [-0.39, 0.29) is 27.8 Å². The molecule has 1 heterocycles. The van der Waals surface area contributed by atoms with Gasteiger partial charge in [-0.1, -0.05) is 53.2 Å². The van der Waals surface area contributed by atoms with Crippen LogP contribution in [0.3, 0.4) is 0 Å². The molecule has 3 aromatic rings. The summed E-state index contributed by atoms with van der Waals surface area (Å²) in [6.07, 6.45) is 4.26. The first-order chi connectivity index (χ1) is 14.3. The maximum absolute atomic E-state index is 13.0. The van der Waals surface area contributed by atoms with Crippen LogP contribution in [0.15, 0.2) is 51.9 Å². The van der Waals surface area contributed by atoms with Crippen LogP contribution in [0.5, 0.6) is 5.75 Å². The molecule has 4 nitrogen and oxygen atoms in total. The van der Waals surface area contributed by atoms with Crippen molar-refractivity contribution in [3.63, 3.8) is 0 Å². The average molecular weight is 419 g/mol. The third kappa shape index (κ3) is 4.63. The van der Waals surface area contributed by atoms with Gasteiger partial charge in [0.2, 0.25) is 0 Å². The van der Waals surface area contributed by atoms with Crippen molar-refractivity contribution < 1.29 is 14.3 Å². The molecule has 0 saturated heterocycles. The summed E-state index contributed by atoms with van der Waals surface area (Å²) in [6, 6.07) is 8.91. The van der Waals surface area contributed by atoms with Gasteiger partial charge in [-0.2, -0.15) is 0 Å². The highest BCUT2D eigenvalue weighted by atomic mass is 16.3. The third-order valence-corrected chi connectivity index (χ3v) is 5.38. The van der Waals surface area contributed by atoms with Gasteiger partial charge in [0.1, 0.15) is 17.6 Å². The minimum absolute atomic E-state index is 0.175. The van der Waals surface area contributed by atoms with Gasteiger partial charge in [-0.05, 0) is 54.2 Å². The molecule has 0 aliphatic rings. The van der Waals surface area contributed by atoms with Crippen LogP contribution < -0.4 is 5.43 Å². The van der Waals surface area contributed by atoms with Gasteiger partial charge in [0.05, 0.1) is 10.9 Å². The van der Waals surface area contributed by atoms with Gasteiger partial charge in [0.25, 0.3) is 0 Å². The zero-order valence-corrected chi connectivity index (χ0v) is 19.3. The van der Waals surface area contributed by atoms with Gasteiger partial charge in [0, 0.05) is 16.7 Å². The summed E-state index contributed by atoms with van der Waals surface area (Å²) in [4.78, 5) is 25.8. The zero-order valence-electron chi connectivity index (χ0n) is 19.3. The van der Waals surface area contributed by atoms with E-state index in [0.717, 1.165) is 16.7 Å². The Morgan fingerprint density at radius 1 is 0.968 bits per heavy atom. The largest absolute Gasteiger partial charge is 0.507 e. The first-order valence-electron chi connectivity index (χ1n) is 10.4. The standard InChI is InChI=1S/C27H30O4/c1-16-8-11-23-19(12-16)24(29)17(15-31-23)9-10-22(28)18-13-20(26(2,3)4)25(30)21(14-18)27(5,6)7/h8-15,30H,1-7H3. The highest BCUT2D eigenvalue weighted by Crippen LogP contribution is 2.39. The fourth-order valence-corrected chi connectivity index (χ4v) is 3.56. The Hall–Kier alpha value is -3.14. The zero-order chi connectivity index (χ0) is 23.1. The monoisotopic (exact) mass is 418 g/mol. The highest BCUT2D eigenvalue weighted by molar-refractivity contribution is 6.07. The number of carbonyl (C=O) groups excluding carboxylic acids is 1. The molecule has 0 aliphatic carbocycles. The van der Waals surface area contributed by atoms with E-state index in [0.29, 0.717) is 22.1 Å². The van der Waals surface area contributed by atoms with E-state index in [4.69, 9.17) is 4.42 Å². The fraction of sp³-hybridized carbons (Fsp3) is 0.333. The van der Waals surface area contributed by atoms with E-state index < -0.39 is 0 Å². The lowest BCUT2D eigenvalue weighted by atomic mass is 9.78. The van der Waals surface area contributed by atoms with E-state index >= 15 is 0 Å². The second kappa shape index (κ2) is 7.84. The molecule has 31 heavy (non-hydrogen) atoms. The molecular formula is C27H30O4. The molecule has 0 aliphatic heterocycles. The fourth-order valence-electron chi connectivity index (χ4n) is 3.56. The molecule has 0 amide bonds. The Morgan fingerprint density at radius 3 is 2.10 bits per heavy atom. The van der Waals surface area contributed by atoms with Crippen molar-refractivity contribution in [3.05, 3.63) is 80.7 Å². The summed E-state index contributed by atoms with van der Waals surface area (Å²) >= 11 is 0. The summed E-state index contributed by atoms with van der Waals surface area (Å²) in [5.41, 5.74) is 2.87. The molecule has 0 atom stereocenters. The lowest BCUT2D eigenvalue weighted by Crippen LogP contribution is -2.18. The van der Waals surface area contributed by atoms with Gasteiger partial charge >= 0.3 is 0 Å². The lowest BCUT2D eigenvalue weighted by Gasteiger charge is -2.27. The predicted molar refractivity (Wildman–Crippen MR) is 126 cm³/mol. The number of aryl methyl sites for hydroxylation is 1. The van der Waals surface area contributed by atoms with Crippen molar-refractivity contribution in [1.82, 2.24) is 0 Å². The van der Waals surface area contributed by atoms with Crippen molar-refractivity contribution >= 4 is 22.8 Å². The van der Waals surface area contributed by atoms with Crippen LogP contribution in [0.4, 0.5) is 0 Å². The van der Waals surface area contributed by atoms with Gasteiger partial charge in [-0.25, -0.2) is 0 Å². The van der Waals surface area contributed by atoms with Crippen LogP contribution in [-0.2, 0) is 10.8 Å². The summed E-state index contributed by atoms with van der Waals surface area (Å²) < 4.78 is 5.56. The molecule has 0 saturated carbocycles. The summed E-state index contributed by atoms with van der Waals surface area (Å²) in [7, 11) is 0. The molecule has 2 aromatic carbocycles. The summed E-state index contributed by atoms with van der Waals surface area (Å²) in [5.74, 6) is -0.00851. The average Bonchev–Trinajstić information content (AvgIpc) is 2.66. The van der Waals surface area contributed by atoms with Gasteiger partial charge < -0.3 is 9.52 Å². The van der Waals surface area contributed by atoms with Crippen LogP contribution in [0.2, 0.25) is 0 Å². The third-order valence-electron chi connectivity index (χ3n) is 5.38. The van der Waals surface area contributed by atoms with Crippen molar-refractivity contribution in [2.75, 3.05) is 0 Å². The molecule has 1 aromatic heterocycles. The quantitative estimate of drug-likeness (QED) is 0.400. The summed E-state index contributed by atoms with van der Waals surface area (Å²) in [6.45, 7) is 13.9. The maximum atomic E-state index is 13.0. The minimum atomic E-state index is -0.332. The second-order valence-electron chi connectivity index (χ2n) is 10.1. The van der Waals surface area contributed by atoms with Crippen LogP contribution in [0.25, 0.3) is 17.0 Å². The molecule has 1 N–H and O–H groups in total. The Kier molecular flexibility index (Phi) is 5.70. The van der Waals surface area contributed by atoms with E-state index in [9.17, 15) is 14.7 Å². The van der Waals surface area contributed by atoms with Crippen molar-refractivity contribution in [2.24, 2.45) is 0 Å². The number of hydrogen-bond acceptors (Lipinski definition) is 4. The maximum Gasteiger partial charge on any atom is 0.199 e. The van der Waals surface area contributed by atoms with Crippen LogP contribution >= 0.6 is 0 Å². The number of phenolic OH excluding ortho intramolecular Hbond substituents is 1. The lowest BCUT2D eigenvalue weighted by molar-refractivity contribution is 0.104. The highest BCUT2D eigenvalue weighted by Gasteiger charge is 2.27. The number of ketones is 1. The normalized spacial score (nSPS) is 12.6. The summed E-state index contributed by atoms with van der Waals surface area (Å²) in [5, 5.41) is 11.3. The molecule has 0 unspecified atom stereocenters. The number of fused-ring (bicyclic) bond motifs is 1. The number of benzene rings is 2. The van der Waals surface area contributed by atoms with Crippen molar-refractivity contribution in [1.29, 1.82) is 0 Å². The first kappa shape index (κ1) is 22.5. The van der Waals surface area contributed by atoms with Crippen molar-refractivity contribution in [2.45, 2.75) is 59.3 Å². The number of phenols is 1. The number of aromatic hydroxyl groups is 1. The predicted octanol–water partition coefficient (Wildman–Crippen LogP) is 6.30. The SMILES string of the molecule is Cc1ccc2occ(C=CC(=O)c3cc(C(C)(C)C)c(O)c(C(C)(C)C)c3)c(=O)c2c1. The van der Waals surface area contributed by atoms with Gasteiger partial charge in [-0.3, -0.25) is 9.59 Å². The smallest absolute Gasteiger partial charge is 0.199 e. The molecule has 162 valence electrons. The van der Waals surface area contributed by atoms with Crippen LogP contribution in [-0.4, -0.2) is 10.9 Å². The molecule has 0 spiro atoms. The molecule has 0 fully saturated rings. The Labute approximate surface area is 183 Å². The van der Waals surface area contributed by atoms with Crippen molar-refractivity contribution in [3.8, 4) is 5.75 Å². The van der Waals surface area contributed by atoms with Crippen LogP contribution in [0.1, 0.15) is 74.2 Å². The second-order valence-corrected chi connectivity index (χ2v) is 10.1. The molecule has 0 bridgehead atoms. The molecule has 4 heteroatoms. The number of rotatable bonds is 3. The Balaban J connectivity index is 2.06. The molecule has 3 rings (SSSR count). The van der Waals surface area contributed by atoms with Crippen LogP contribution in [0, 0.1) is 6.92 Å². The number of allylic oxidation sites excluding steroid dienone is 1. The van der Waals surface area contributed by atoms with Gasteiger partial charge in [-0.15, -0.1) is 0 Å². The first-order valence-corrected chi connectivity index (χ1v) is 10.4. The topological polar surface area (TPSA) is 67.5 Å². The molecule has 0 radical (unpaired) electrons. The minimum Gasteiger partial charge on any atom is -0.507 e. The number of carbonyl (C=O) groups is 1. The Morgan fingerprint density at radius 2 is 1.55 bits per heavy atom. The van der Waals surface area contributed by atoms with E-state index in [1.807, 2.05) is 54.5 Å².